The first-order valence-electron chi connectivity index (χ1n) is 7.59. The SMILES string of the molecule is Cc1cc(C)n2nc(SCC(=O)Nc3ccc(OC(F)F)cc3)nc2n1. The average molecular weight is 379 g/mol. The van der Waals surface area contributed by atoms with Crippen LogP contribution in [0.5, 0.6) is 5.75 Å². The Morgan fingerprint density at radius 2 is 2.00 bits per heavy atom. The van der Waals surface area contributed by atoms with E-state index in [-0.39, 0.29) is 17.4 Å². The van der Waals surface area contributed by atoms with Gasteiger partial charge in [-0.2, -0.15) is 13.8 Å². The molecule has 0 spiro atoms. The standard InChI is InChI=1S/C16H15F2N5O2S/c1-9-7-10(2)23-15(19-9)21-16(22-23)26-8-13(24)20-11-3-5-12(6-4-11)25-14(17)18/h3-7,14H,8H2,1-2H3,(H,20,24). The molecule has 10 heteroatoms. The van der Waals surface area contributed by atoms with Crippen molar-refractivity contribution in [2.75, 3.05) is 11.1 Å². The second-order valence-electron chi connectivity index (χ2n) is 5.38. The normalized spacial score (nSPS) is 11.1. The minimum atomic E-state index is -2.88. The highest BCUT2D eigenvalue weighted by atomic mass is 32.2. The Bertz CT molecular complexity index is 930. The molecule has 3 aromatic rings. The maximum Gasteiger partial charge on any atom is 0.387 e. The van der Waals surface area contributed by atoms with Crippen LogP contribution in [0.25, 0.3) is 5.78 Å². The van der Waals surface area contributed by atoms with Crippen LogP contribution in [-0.2, 0) is 4.79 Å². The summed E-state index contributed by atoms with van der Waals surface area (Å²) in [5.74, 6) is 0.348. The Morgan fingerprint density at radius 3 is 2.69 bits per heavy atom. The Morgan fingerprint density at radius 1 is 1.27 bits per heavy atom. The molecule has 1 aromatic carbocycles. The molecule has 7 nitrogen and oxygen atoms in total. The van der Waals surface area contributed by atoms with Gasteiger partial charge in [0.1, 0.15) is 5.75 Å². The molecule has 26 heavy (non-hydrogen) atoms. The van der Waals surface area contributed by atoms with Crippen molar-refractivity contribution in [3.63, 3.8) is 0 Å². The molecule has 0 aliphatic heterocycles. The van der Waals surface area contributed by atoms with Gasteiger partial charge in [-0.1, -0.05) is 11.8 Å². The quantitative estimate of drug-likeness (QED) is 0.663. The number of alkyl halides is 2. The Balaban J connectivity index is 1.58. The van der Waals surface area contributed by atoms with E-state index in [1.54, 1.807) is 4.52 Å². The van der Waals surface area contributed by atoms with Gasteiger partial charge in [0.05, 0.1) is 5.75 Å². The van der Waals surface area contributed by atoms with E-state index in [9.17, 15) is 13.6 Å². The zero-order valence-corrected chi connectivity index (χ0v) is 14.8. The fourth-order valence-corrected chi connectivity index (χ4v) is 2.87. The number of amides is 1. The van der Waals surface area contributed by atoms with Crippen LogP contribution in [0.2, 0.25) is 0 Å². The van der Waals surface area contributed by atoms with Gasteiger partial charge < -0.3 is 10.1 Å². The maximum atomic E-state index is 12.1. The van der Waals surface area contributed by atoms with Crippen LogP contribution in [0.4, 0.5) is 14.5 Å². The molecule has 0 saturated carbocycles. The number of aryl methyl sites for hydroxylation is 2. The summed E-state index contributed by atoms with van der Waals surface area (Å²) in [6.07, 6.45) is 0. The zero-order chi connectivity index (χ0) is 18.7. The Kier molecular flexibility index (Phi) is 5.31. The third-order valence-electron chi connectivity index (χ3n) is 3.29. The van der Waals surface area contributed by atoms with E-state index in [4.69, 9.17) is 0 Å². The summed E-state index contributed by atoms with van der Waals surface area (Å²) in [6, 6.07) is 7.58. The molecule has 136 valence electrons. The smallest absolute Gasteiger partial charge is 0.387 e. The number of ether oxygens (including phenoxy) is 1. The van der Waals surface area contributed by atoms with Crippen molar-refractivity contribution >= 4 is 29.1 Å². The number of benzene rings is 1. The molecule has 1 N–H and O–H groups in total. The molecule has 0 fully saturated rings. The molecular formula is C16H15F2N5O2S. The first-order valence-corrected chi connectivity index (χ1v) is 8.58. The van der Waals surface area contributed by atoms with Crippen molar-refractivity contribution in [3.05, 3.63) is 41.7 Å². The number of rotatable bonds is 6. The Hall–Kier alpha value is -2.75. The molecule has 0 aliphatic rings. The van der Waals surface area contributed by atoms with E-state index in [1.165, 1.54) is 36.0 Å². The Labute approximate surface area is 151 Å². The fraction of sp³-hybridized carbons (Fsp3) is 0.250. The minimum Gasteiger partial charge on any atom is -0.435 e. The van der Waals surface area contributed by atoms with Crippen molar-refractivity contribution in [1.82, 2.24) is 19.6 Å². The van der Waals surface area contributed by atoms with Crippen LogP contribution in [0, 0.1) is 13.8 Å². The third kappa shape index (κ3) is 4.45. The summed E-state index contributed by atoms with van der Waals surface area (Å²) < 4.78 is 30.1. The van der Waals surface area contributed by atoms with Crippen LogP contribution in [0.3, 0.4) is 0 Å². The molecule has 2 aromatic heterocycles. The lowest BCUT2D eigenvalue weighted by Gasteiger charge is -2.07. The highest BCUT2D eigenvalue weighted by Crippen LogP contribution is 2.19. The topological polar surface area (TPSA) is 81.4 Å². The molecule has 3 rings (SSSR count). The average Bonchev–Trinajstić information content (AvgIpc) is 2.97. The van der Waals surface area contributed by atoms with E-state index in [2.05, 4.69) is 25.1 Å². The van der Waals surface area contributed by atoms with Crippen molar-refractivity contribution in [3.8, 4) is 5.75 Å². The zero-order valence-electron chi connectivity index (χ0n) is 13.9. The van der Waals surface area contributed by atoms with Crippen molar-refractivity contribution in [2.24, 2.45) is 0 Å². The number of nitrogens with zero attached hydrogens (tertiary/aromatic N) is 4. The molecule has 0 radical (unpaired) electrons. The lowest BCUT2D eigenvalue weighted by Crippen LogP contribution is -2.14. The number of hydrogen-bond acceptors (Lipinski definition) is 6. The molecule has 1 amide bonds. The van der Waals surface area contributed by atoms with Gasteiger partial charge in [-0.15, -0.1) is 5.10 Å². The van der Waals surface area contributed by atoms with Gasteiger partial charge in [0.25, 0.3) is 5.78 Å². The summed E-state index contributed by atoms with van der Waals surface area (Å²) in [5, 5.41) is 7.42. The molecule has 0 bridgehead atoms. The van der Waals surface area contributed by atoms with Crippen molar-refractivity contribution in [2.45, 2.75) is 25.6 Å². The lowest BCUT2D eigenvalue weighted by molar-refractivity contribution is -0.113. The number of anilines is 1. The minimum absolute atomic E-state index is 0.0273. The fourth-order valence-electron chi connectivity index (χ4n) is 2.26. The number of hydrogen-bond donors (Lipinski definition) is 1. The van der Waals surface area contributed by atoms with Crippen LogP contribution >= 0.6 is 11.8 Å². The number of thioether (sulfide) groups is 1. The summed E-state index contributed by atoms with van der Waals surface area (Å²) in [6.45, 7) is 0.894. The van der Waals surface area contributed by atoms with Gasteiger partial charge >= 0.3 is 6.61 Å². The van der Waals surface area contributed by atoms with E-state index >= 15 is 0 Å². The lowest BCUT2D eigenvalue weighted by atomic mass is 10.3. The van der Waals surface area contributed by atoms with Gasteiger partial charge in [-0.25, -0.2) is 9.50 Å². The summed E-state index contributed by atoms with van der Waals surface area (Å²) in [7, 11) is 0. The molecular weight excluding hydrogens is 364 g/mol. The monoisotopic (exact) mass is 379 g/mol. The number of nitrogens with one attached hydrogen (secondary N) is 1. The van der Waals surface area contributed by atoms with Crippen LogP contribution < -0.4 is 10.1 Å². The molecule has 0 aliphatic carbocycles. The first-order chi connectivity index (χ1) is 12.4. The molecule has 2 heterocycles. The molecule has 0 saturated heterocycles. The second kappa shape index (κ2) is 7.65. The number of halogens is 2. The molecule has 0 atom stereocenters. The number of carbonyl (C=O) groups is 1. The van der Waals surface area contributed by atoms with Crippen LogP contribution in [0.1, 0.15) is 11.4 Å². The van der Waals surface area contributed by atoms with Gasteiger partial charge in [0.2, 0.25) is 11.1 Å². The highest BCUT2D eigenvalue weighted by Gasteiger charge is 2.11. The molecule has 0 unspecified atom stereocenters. The number of fused-ring (bicyclic) bond motifs is 1. The number of carbonyl (C=O) groups excluding carboxylic acids is 1. The predicted molar refractivity (Wildman–Crippen MR) is 92.7 cm³/mol. The van der Waals surface area contributed by atoms with Crippen molar-refractivity contribution < 1.29 is 18.3 Å². The van der Waals surface area contributed by atoms with E-state index in [1.807, 2.05) is 19.9 Å². The van der Waals surface area contributed by atoms with Gasteiger partial charge in [0, 0.05) is 17.1 Å². The third-order valence-corrected chi connectivity index (χ3v) is 4.13. The highest BCUT2D eigenvalue weighted by molar-refractivity contribution is 7.99. The second-order valence-corrected chi connectivity index (χ2v) is 6.33. The largest absolute Gasteiger partial charge is 0.435 e. The van der Waals surface area contributed by atoms with E-state index < -0.39 is 6.61 Å². The van der Waals surface area contributed by atoms with Gasteiger partial charge in [-0.05, 0) is 44.2 Å². The first kappa shape index (κ1) is 18.1. The van der Waals surface area contributed by atoms with Gasteiger partial charge in [-0.3, -0.25) is 4.79 Å². The van der Waals surface area contributed by atoms with Crippen LogP contribution in [-0.4, -0.2) is 37.9 Å². The summed E-state index contributed by atoms with van der Waals surface area (Å²) in [5.41, 5.74) is 2.23. The van der Waals surface area contributed by atoms with Crippen LogP contribution in [0.15, 0.2) is 35.5 Å². The van der Waals surface area contributed by atoms with Gasteiger partial charge in [0.15, 0.2) is 0 Å². The predicted octanol–water partition coefficient (Wildman–Crippen LogP) is 3.07. The maximum absolute atomic E-state index is 12.1. The van der Waals surface area contributed by atoms with E-state index in [0.29, 0.717) is 16.6 Å². The van der Waals surface area contributed by atoms with E-state index in [0.717, 1.165) is 11.4 Å². The summed E-state index contributed by atoms with van der Waals surface area (Å²) >= 11 is 1.18. The summed E-state index contributed by atoms with van der Waals surface area (Å²) in [4.78, 5) is 20.6. The van der Waals surface area contributed by atoms with Crippen molar-refractivity contribution in [1.29, 1.82) is 0 Å². The number of aromatic nitrogens is 4.